The molecule has 1 unspecified atom stereocenters. The molecule has 0 radical (unpaired) electrons. The van der Waals surface area contributed by atoms with Crippen molar-refractivity contribution < 1.29 is 9.59 Å². The molecule has 7 nitrogen and oxygen atoms in total. The number of carbonyl (C=O) groups excluding carboxylic acids is 2. The van der Waals surface area contributed by atoms with Crippen LogP contribution in [0.1, 0.15) is 18.5 Å². The lowest BCUT2D eigenvalue weighted by Gasteiger charge is -2.15. The van der Waals surface area contributed by atoms with Crippen molar-refractivity contribution in [2.24, 2.45) is 0 Å². The third kappa shape index (κ3) is 4.89. The van der Waals surface area contributed by atoms with Gasteiger partial charge in [0.05, 0.1) is 10.6 Å². The van der Waals surface area contributed by atoms with Crippen molar-refractivity contribution in [3.8, 4) is 10.7 Å². The van der Waals surface area contributed by atoms with E-state index in [0.29, 0.717) is 10.6 Å². The third-order valence-electron chi connectivity index (χ3n) is 3.93. The summed E-state index contributed by atoms with van der Waals surface area (Å²) in [6.45, 7) is 3.71. The van der Waals surface area contributed by atoms with Crippen LogP contribution in [0.4, 0.5) is 0 Å². The zero-order chi connectivity index (χ0) is 20.1. The van der Waals surface area contributed by atoms with Crippen molar-refractivity contribution in [1.29, 1.82) is 0 Å². The lowest BCUT2D eigenvalue weighted by Crippen LogP contribution is -2.45. The fourth-order valence-corrected chi connectivity index (χ4v) is 4.12. The number of hydrazine groups is 1. The molecule has 2 amide bonds. The van der Waals surface area contributed by atoms with E-state index in [1.165, 1.54) is 23.1 Å². The van der Waals surface area contributed by atoms with Gasteiger partial charge < -0.3 is 0 Å². The van der Waals surface area contributed by atoms with E-state index >= 15 is 0 Å². The van der Waals surface area contributed by atoms with Crippen LogP contribution in [0.5, 0.6) is 0 Å². The fourth-order valence-electron chi connectivity index (χ4n) is 2.42. The molecule has 0 fully saturated rings. The summed E-state index contributed by atoms with van der Waals surface area (Å²) in [5.74, 6) is 0.108. The molecule has 3 aromatic rings. The van der Waals surface area contributed by atoms with E-state index in [-0.39, 0.29) is 17.6 Å². The van der Waals surface area contributed by atoms with Crippen LogP contribution < -0.4 is 10.9 Å². The van der Waals surface area contributed by atoms with E-state index in [0.717, 1.165) is 15.3 Å². The molecule has 1 atom stereocenters. The first kappa shape index (κ1) is 20.3. The van der Waals surface area contributed by atoms with Crippen molar-refractivity contribution in [2.75, 3.05) is 5.75 Å². The predicted octanol–water partition coefficient (Wildman–Crippen LogP) is 3.48. The number of amides is 2. The normalized spacial score (nSPS) is 11.8. The highest BCUT2D eigenvalue weighted by molar-refractivity contribution is 8.00. The molecule has 3 N–H and O–H groups in total. The predicted molar refractivity (Wildman–Crippen MR) is 114 cm³/mol. The number of thioether (sulfide) groups is 1. The average Bonchev–Trinajstić information content (AvgIpc) is 3.34. The Bertz CT molecular complexity index is 1010. The Labute approximate surface area is 175 Å². The van der Waals surface area contributed by atoms with Gasteiger partial charge in [0.1, 0.15) is 6.04 Å². The van der Waals surface area contributed by atoms with E-state index < -0.39 is 6.04 Å². The van der Waals surface area contributed by atoms with E-state index in [4.69, 9.17) is 12.2 Å². The van der Waals surface area contributed by atoms with Crippen LogP contribution in [0.2, 0.25) is 0 Å². The van der Waals surface area contributed by atoms with Crippen LogP contribution in [0.3, 0.4) is 0 Å². The maximum atomic E-state index is 12.5. The monoisotopic (exact) mass is 433 g/mol. The number of nitrogens with one attached hydrogen (secondary N) is 3. The molecular weight excluding hydrogens is 414 g/mol. The number of nitrogens with zero attached hydrogens (tertiary/aromatic N) is 2. The number of rotatable bonds is 6. The van der Waals surface area contributed by atoms with Crippen LogP contribution in [0, 0.1) is 11.7 Å². The lowest BCUT2D eigenvalue weighted by molar-refractivity contribution is -0.129. The van der Waals surface area contributed by atoms with Crippen LogP contribution >= 0.6 is 35.3 Å². The molecule has 28 heavy (non-hydrogen) atoms. The number of H-pyrrole nitrogens is 1. The summed E-state index contributed by atoms with van der Waals surface area (Å²) in [5, 5.41) is 8.86. The first-order valence-electron chi connectivity index (χ1n) is 8.44. The molecule has 0 saturated carbocycles. The molecule has 0 aliphatic heterocycles. The Morgan fingerprint density at radius 1 is 1.29 bits per heavy atom. The molecule has 0 bridgehead atoms. The van der Waals surface area contributed by atoms with Gasteiger partial charge in [-0.05, 0) is 49.6 Å². The van der Waals surface area contributed by atoms with Gasteiger partial charge in [-0.2, -0.15) is 5.10 Å². The van der Waals surface area contributed by atoms with Crippen molar-refractivity contribution in [3.63, 3.8) is 0 Å². The van der Waals surface area contributed by atoms with Gasteiger partial charge in [-0.3, -0.25) is 30.1 Å². The number of hydrogen-bond acceptors (Lipinski definition) is 6. The van der Waals surface area contributed by atoms with Crippen LogP contribution in [0.15, 0.2) is 46.7 Å². The van der Waals surface area contributed by atoms with Crippen molar-refractivity contribution in [2.45, 2.75) is 24.8 Å². The summed E-state index contributed by atoms with van der Waals surface area (Å²) >= 11 is 8.16. The van der Waals surface area contributed by atoms with Crippen LogP contribution in [0.25, 0.3) is 10.7 Å². The van der Waals surface area contributed by atoms with Gasteiger partial charge in [-0.1, -0.05) is 23.8 Å². The third-order valence-corrected chi connectivity index (χ3v) is 6.09. The maximum absolute atomic E-state index is 12.5. The Kier molecular flexibility index (Phi) is 6.65. The van der Waals surface area contributed by atoms with Crippen molar-refractivity contribution in [1.82, 2.24) is 25.6 Å². The Morgan fingerprint density at radius 2 is 2.04 bits per heavy atom. The Morgan fingerprint density at radius 3 is 2.71 bits per heavy atom. The summed E-state index contributed by atoms with van der Waals surface area (Å²) in [7, 11) is 0. The number of thiophene rings is 1. The number of hydrogen-bond donors (Lipinski definition) is 3. The highest BCUT2D eigenvalue weighted by Gasteiger charge is 2.21. The zero-order valence-corrected chi connectivity index (χ0v) is 17.7. The smallest absolute Gasteiger partial charge is 0.261 e. The molecule has 1 aromatic carbocycles. The van der Waals surface area contributed by atoms with E-state index in [1.54, 1.807) is 11.5 Å². The number of benzene rings is 1. The Balaban J connectivity index is 1.56. The molecule has 3 rings (SSSR count). The van der Waals surface area contributed by atoms with E-state index in [9.17, 15) is 9.59 Å². The molecule has 10 heteroatoms. The second kappa shape index (κ2) is 9.18. The van der Waals surface area contributed by atoms with Gasteiger partial charge in [0.2, 0.25) is 5.91 Å². The number of aromatic amines is 1. The quantitative estimate of drug-likeness (QED) is 0.314. The topological polar surface area (TPSA) is 91.8 Å². The van der Waals surface area contributed by atoms with Crippen molar-refractivity contribution >= 4 is 47.1 Å². The van der Waals surface area contributed by atoms with E-state index in [2.05, 4.69) is 21.0 Å². The average molecular weight is 434 g/mol. The zero-order valence-electron chi connectivity index (χ0n) is 15.3. The summed E-state index contributed by atoms with van der Waals surface area (Å²) in [4.78, 5) is 26.4. The van der Waals surface area contributed by atoms with Gasteiger partial charge in [-0.25, -0.2) is 0 Å². The SMILES string of the molecule is Cc1ccc(SCC(=O)NNC(=O)C(C)n2c(-c3cccs3)n[nH]c2=S)cc1. The van der Waals surface area contributed by atoms with Gasteiger partial charge >= 0.3 is 0 Å². The molecule has 2 heterocycles. The molecule has 0 saturated heterocycles. The fraction of sp³-hybridized carbons (Fsp3) is 0.222. The number of aryl methyl sites for hydroxylation is 1. The molecular formula is C18H19N5O2S3. The minimum absolute atomic E-state index is 0.198. The highest BCUT2D eigenvalue weighted by atomic mass is 32.2. The second-order valence-electron chi connectivity index (χ2n) is 6.01. The van der Waals surface area contributed by atoms with Gasteiger partial charge in [-0.15, -0.1) is 23.1 Å². The van der Waals surface area contributed by atoms with Crippen LogP contribution in [-0.4, -0.2) is 32.3 Å². The van der Waals surface area contributed by atoms with Gasteiger partial charge in [0, 0.05) is 4.90 Å². The summed E-state index contributed by atoms with van der Waals surface area (Å²) in [6.07, 6.45) is 0. The number of carbonyl (C=O) groups is 2. The van der Waals surface area contributed by atoms with E-state index in [1.807, 2.05) is 48.7 Å². The first-order chi connectivity index (χ1) is 13.5. The Hall–Kier alpha value is -2.43. The molecule has 2 aromatic heterocycles. The van der Waals surface area contributed by atoms with Gasteiger partial charge in [0.25, 0.3) is 5.91 Å². The van der Waals surface area contributed by atoms with Crippen LogP contribution in [-0.2, 0) is 9.59 Å². The second-order valence-corrected chi connectivity index (χ2v) is 8.40. The van der Waals surface area contributed by atoms with Gasteiger partial charge in [0.15, 0.2) is 10.6 Å². The molecule has 0 spiro atoms. The lowest BCUT2D eigenvalue weighted by atomic mass is 10.2. The minimum Gasteiger partial charge on any atom is -0.287 e. The molecule has 0 aliphatic carbocycles. The van der Waals surface area contributed by atoms with Crippen molar-refractivity contribution in [3.05, 3.63) is 52.1 Å². The largest absolute Gasteiger partial charge is 0.287 e. The standard InChI is InChI=1S/C18H19N5O2S3/c1-11-5-7-13(8-6-11)28-10-15(24)19-21-17(25)12(2)23-16(20-22-18(23)26)14-4-3-9-27-14/h3-9,12H,10H2,1-2H3,(H,19,24)(H,21,25)(H,22,26). The summed E-state index contributed by atoms with van der Waals surface area (Å²) in [5.41, 5.74) is 6.07. The minimum atomic E-state index is -0.645. The number of aromatic nitrogens is 3. The summed E-state index contributed by atoms with van der Waals surface area (Å²) < 4.78 is 1.97. The maximum Gasteiger partial charge on any atom is 0.261 e. The summed E-state index contributed by atoms with van der Waals surface area (Å²) in [6, 6.07) is 11.1. The molecule has 146 valence electrons. The highest BCUT2D eigenvalue weighted by Crippen LogP contribution is 2.25. The molecule has 0 aliphatic rings. The first-order valence-corrected chi connectivity index (χ1v) is 10.7.